The number of benzene rings is 1. The number of aromatic nitrogens is 1. The molecule has 0 aliphatic heterocycles. The molecule has 7 nitrogen and oxygen atoms in total. The van der Waals surface area contributed by atoms with Crippen LogP contribution in [-0.4, -0.2) is 35.7 Å². The number of urea groups is 1. The van der Waals surface area contributed by atoms with E-state index in [2.05, 4.69) is 15.6 Å². The van der Waals surface area contributed by atoms with Gasteiger partial charge in [-0.1, -0.05) is 12.1 Å². The molecule has 0 unspecified atom stereocenters. The van der Waals surface area contributed by atoms with Crippen LogP contribution in [0.15, 0.2) is 30.5 Å². The third kappa shape index (κ3) is 5.24. The van der Waals surface area contributed by atoms with Gasteiger partial charge in [-0.05, 0) is 31.0 Å². The van der Waals surface area contributed by atoms with Crippen LogP contribution in [0.3, 0.4) is 0 Å². The monoisotopic (exact) mass is 349 g/mol. The van der Waals surface area contributed by atoms with Gasteiger partial charge in [0.1, 0.15) is 5.75 Å². The Morgan fingerprint density at radius 2 is 2.04 bits per heavy atom. The second kappa shape index (κ2) is 8.30. The summed E-state index contributed by atoms with van der Waals surface area (Å²) in [5.74, 6) is -0.776. The summed E-state index contributed by atoms with van der Waals surface area (Å²) in [5.41, 5.74) is 0.862. The van der Waals surface area contributed by atoms with E-state index in [-0.39, 0.29) is 12.3 Å². The molecular weight excluding hydrogens is 330 g/mol. The number of anilines is 1. The highest BCUT2D eigenvalue weighted by atomic mass is 32.1. The van der Waals surface area contributed by atoms with E-state index in [0.29, 0.717) is 11.6 Å². The van der Waals surface area contributed by atoms with Crippen LogP contribution in [-0.2, 0) is 16.0 Å². The molecule has 0 aliphatic rings. The number of ether oxygens (including phenoxy) is 1. The number of hydrogen-bond donors (Lipinski definition) is 3. The summed E-state index contributed by atoms with van der Waals surface area (Å²) < 4.78 is 4.79. The number of phenols is 1. The maximum atomic E-state index is 11.9. The lowest BCUT2D eigenvalue weighted by Gasteiger charge is -2.15. The molecule has 1 heterocycles. The van der Waals surface area contributed by atoms with Crippen LogP contribution >= 0.6 is 11.3 Å². The lowest BCUT2D eigenvalue weighted by atomic mass is 9.99. The minimum absolute atomic E-state index is 0.129. The molecule has 0 radical (unpaired) electrons. The van der Waals surface area contributed by atoms with Crippen molar-refractivity contribution in [2.24, 2.45) is 5.92 Å². The van der Waals surface area contributed by atoms with Gasteiger partial charge in [0.15, 0.2) is 5.13 Å². The molecule has 3 N–H and O–H groups in total. The van der Waals surface area contributed by atoms with Crippen molar-refractivity contribution in [1.29, 1.82) is 0 Å². The van der Waals surface area contributed by atoms with Crippen molar-refractivity contribution < 1.29 is 19.4 Å². The SMILES string of the molecule is COC(=O)[C@@H](CNC(=O)Nc1ncc(C)s1)Cc1ccc(O)cc1. The first kappa shape index (κ1) is 17.7. The summed E-state index contributed by atoms with van der Waals surface area (Å²) in [6.07, 6.45) is 2.06. The number of hydrogen-bond acceptors (Lipinski definition) is 6. The number of esters is 1. The van der Waals surface area contributed by atoms with Gasteiger partial charge in [-0.2, -0.15) is 0 Å². The molecule has 0 saturated carbocycles. The first-order chi connectivity index (χ1) is 11.5. The van der Waals surface area contributed by atoms with E-state index >= 15 is 0 Å². The third-order valence-electron chi connectivity index (χ3n) is 3.30. The van der Waals surface area contributed by atoms with Crippen LogP contribution in [0.4, 0.5) is 9.93 Å². The zero-order valence-electron chi connectivity index (χ0n) is 13.4. The summed E-state index contributed by atoms with van der Waals surface area (Å²) in [6, 6.07) is 6.13. The van der Waals surface area contributed by atoms with Crippen LogP contribution in [0.25, 0.3) is 0 Å². The van der Waals surface area contributed by atoms with Crippen LogP contribution in [0, 0.1) is 12.8 Å². The van der Waals surface area contributed by atoms with Gasteiger partial charge in [-0.3, -0.25) is 10.1 Å². The average Bonchev–Trinajstić information content (AvgIpc) is 2.97. The van der Waals surface area contributed by atoms with Gasteiger partial charge < -0.3 is 15.2 Å². The molecule has 0 fully saturated rings. The van der Waals surface area contributed by atoms with Crippen LogP contribution in [0.1, 0.15) is 10.4 Å². The Morgan fingerprint density at radius 3 is 2.62 bits per heavy atom. The molecule has 1 atom stereocenters. The number of amides is 2. The molecule has 1 aromatic carbocycles. The predicted octanol–water partition coefficient (Wildman–Crippen LogP) is 2.31. The standard InChI is InChI=1S/C16H19N3O4S/c1-10-8-18-16(24-10)19-15(22)17-9-12(14(21)23-2)7-11-3-5-13(20)6-4-11/h3-6,8,12,20H,7,9H2,1-2H3,(H2,17,18,19,22)/t12-/m1/s1. The van der Waals surface area contributed by atoms with E-state index in [9.17, 15) is 14.7 Å². The maximum Gasteiger partial charge on any atom is 0.321 e. The quantitative estimate of drug-likeness (QED) is 0.695. The van der Waals surface area contributed by atoms with Crippen molar-refractivity contribution >= 4 is 28.5 Å². The molecule has 0 bridgehead atoms. The summed E-state index contributed by atoms with van der Waals surface area (Å²) in [7, 11) is 1.31. The van der Waals surface area contributed by atoms with Crippen molar-refractivity contribution in [2.75, 3.05) is 19.0 Å². The lowest BCUT2D eigenvalue weighted by molar-refractivity contribution is -0.145. The Hall–Kier alpha value is -2.61. The summed E-state index contributed by atoms with van der Waals surface area (Å²) in [4.78, 5) is 28.8. The Morgan fingerprint density at radius 1 is 1.33 bits per heavy atom. The molecule has 2 aromatic rings. The normalized spacial score (nSPS) is 11.6. The second-order valence-electron chi connectivity index (χ2n) is 5.20. The van der Waals surface area contributed by atoms with E-state index in [1.54, 1.807) is 30.5 Å². The van der Waals surface area contributed by atoms with Crippen molar-refractivity contribution in [3.63, 3.8) is 0 Å². The van der Waals surface area contributed by atoms with Crippen LogP contribution in [0.2, 0.25) is 0 Å². The highest BCUT2D eigenvalue weighted by molar-refractivity contribution is 7.15. The summed E-state index contributed by atoms with van der Waals surface area (Å²) in [6.45, 7) is 2.02. The summed E-state index contributed by atoms with van der Waals surface area (Å²) in [5, 5.41) is 15.1. The number of phenolic OH excluding ortho intramolecular Hbond substituents is 1. The lowest BCUT2D eigenvalue weighted by Crippen LogP contribution is -2.37. The van der Waals surface area contributed by atoms with E-state index < -0.39 is 17.9 Å². The van der Waals surface area contributed by atoms with E-state index in [4.69, 9.17) is 4.74 Å². The zero-order chi connectivity index (χ0) is 17.5. The van der Waals surface area contributed by atoms with E-state index in [0.717, 1.165) is 10.4 Å². The smallest absolute Gasteiger partial charge is 0.321 e. The fourth-order valence-electron chi connectivity index (χ4n) is 2.09. The first-order valence-corrected chi connectivity index (χ1v) is 8.12. The average molecular weight is 349 g/mol. The number of nitrogens with zero attached hydrogens (tertiary/aromatic N) is 1. The number of carbonyl (C=O) groups excluding carboxylic acids is 2. The minimum atomic E-state index is -0.525. The first-order valence-electron chi connectivity index (χ1n) is 7.31. The molecule has 0 aliphatic carbocycles. The van der Waals surface area contributed by atoms with Gasteiger partial charge in [0, 0.05) is 17.6 Å². The maximum absolute atomic E-state index is 11.9. The Labute approximate surface area is 143 Å². The minimum Gasteiger partial charge on any atom is -0.508 e. The number of aryl methyl sites for hydroxylation is 1. The van der Waals surface area contributed by atoms with Crippen molar-refractivity contribution in [1.82, 2.24) is 10.3 Å². The topological polar surface area (TPSA) is 101 Å². The van der Waals surface area contributed by atoms with Gasteiger partial charge in [-0.25, -0.2) is 9.78 Å². The van der Waals surface area contributed by atoms with E-state index in [1.807, 2.05) is 6.92 Å². The van der Waals surface area contributed by atoms with Crippen molar-refractivity contribution in [3.05, 3.63) is 40.9 Å². The van der Waals surface area contributed by atoms with Gasteiger partial charge >= 0.3 is 12.0 Å². The number of rotatable bonds is 6. The van der Waals surface area contributed by atoms with Gasteiger partial charge in [0.2, 0.25) is 0 Å². The number of thiazole rings is 1. The van der Waals surface area contributed by atoms with Gasteiger partial charge in [0.05, 0.1) is 13.0 Å². The van der Waals surface area contributed by atoms with Crippen molar-refractivity contribution in [2.45, 2.75) is 13.3 Å². The molecule has 1 aromatic heterocycles. The molecule has 8 heteroatoms. The molecule has 2 amide bonds. The Kier molecular flexibility index (Phi) is 6.14. The number of carbonyl (C=O) groups is 2. The number of methoxy groups -OCH3 is 1. The van der Waals surface area contributed by atoms with Crippen LogP contribution in [0.5, 0.6) is 5.75 Å². The third-order valence-corrected chi connectivity index (χ3v) is 4.13. The molecule has 2 rings (SSSR count). The molecular formula is C16H19N3O4S. The highest BCUT2D eigenvalue weighted by Crippen LogP contribution is 2.17. The molecule has 24 heavy (non-hydrogen) atoms. The summed E-state index contributed by atoms with van der Waals surface area (Å²) >= 11 is 1.37. The van der Waals surface area contributed by atoms with Gasteiger partial charge in [-0.15, -0.1) is 11.3 Å². The Bertz CT molecular complexity index is 700. The predicted molar refractivity (Wildman–Crippen MR) is 91.2 cm³/mol. The highest BCUT2D eigenvalue weighted by Gasteiger charge is 2.21. The molecule has 0 spiro atoms. The fourth-order valence-corrected chi connectivity index (χ4v) is 2.75. The Balaban J connectivity index is 1.92. The van der Waals surface area contributed by atoms with E-state index in [1.165, 1.54) is 18.4 Å². The number of nitrogens with one attached hydrogen (secondary N) is 2. The zero-order valence-corrected chi connectivity index (χ0v) is 14.2. The second-order valence-corrected chi connectivity index (χ2v) is 6.44. The van der Waals surface area contributed by atoms with Gasteiger partial charge in [0.25, 0.3) is 0 Å². The largest absolute Gasteiger partial charge is 0.508 e. The van der Waals surface area contributed by atoms with Crippen LogP contribution < -0.4 is 10.6 Å². The van der Waals surface area contributed by atoms with Crippen molar-refractivity contribution in [3.8, 4) is 5.75 Å². The fraction of sp³-hybridized carbons (Fsp3) is 0.312. The molecule has 0 saturated heterocycles. The molecule has 128 valence electrons. The number of aromatic hydroxyl groups is 1.